The highest BCUT2D eigenvalue weighted by Gasteiger charge is 2.37. The Hall–Kier alpha value is -2.18. The van der Waals surface area contributed by atoms with Crippen molar-refractivity contribution < 1.29 is 4.74 Å². The van der Waals surface area contributed by atoms with E-state index >= 15 is 0 Å². The fourth-order valence-corrected chi connectivity index (χ4v) is 4.68. The van der Waals surface area contributed by atoms with Crippen LogP contribution in [0.3, 0.4) is 0 Å². The minimum atomic E-state index is -0.339. The number of unbranched alkanes of at least 4 members (excludes halogenated alkanes) is 1. The fourth-order valence-electron chi connectivity index (χ4n) is 4.68. The quantitative estimate of drug-likeness (QED) is 0.485. The van der Waals surface area contributed by atoms with Crippen LogP contribution in [0.5, 0.6) is 0 Å². The van der Waals surface area contributed by atoms with Crippen LogP contribution in [0.25, 0.3) is 11.1 Å². The van der Waals surface area contributed by atoms with Crippen molar-refractivity contribution in [2.24, 2.45) is 0 Å². The second-order valence-electron chi connectivity index (χ2n) is 8.62. The maximum absolute atomic E-state index is 6.27. The van der Waals surface area contributed by atoms with Crippen LogP contribution in [0, 0.1) is 18.8 Å². The zero-order valence-electron chi connectivity index (χ0n) is 18.1. The Kier molecular flexibility index (Phi) is 6.01. The Morgan fingerprint density at radius 2 is 2.03 bits per heavy atom. The molecule has 4 rings (SSSR count). The Morgan fingerprint density at radius 3 is 2.79 bits per heavy atom. The number of aromatic nitrogens is 2. The van der Waals surface area contributed by atoms with Crippen molar-refractivity contribution in [1.82, 2.24) is 9.97 Å². The maximum atomic E-state index is 6.27. The summed E-state index contributed by atoms with van der Waals surface area (Å²) in [6.07, 6.45) is 11.8. The molecule has 0 unspecified atom stereocenters. The number of fused-ring (bicyclic) bond motifs is 1. The molecule has 3 heteroatoms. The first-order valence-corrected chi connectivity index (χ1v) is 11.2. The highest BCUT2D eigenvalue weighted by Crippen LogP contribution is 2.42. The van der Waals surface area contributed by atoms with Gasteiger partial charge in [0.05, 0.1) is 11.3 Å². The van der Waals surface area contributed by atoms with Crippen LogP contribution in [0.1, 0.15) is 87.0 Å². The van der Waals surface area contributed by atoms with Gasteiger partial charge in [0.15, 0.2) is 0 Å². The minimum Gasteiger partial charge on any atom is -0.369 e. The lowest BCUT2D eigenvalue weighted by molar-refractivity contribution is 0.0129. The number of rotatable bonds is 3. The lowest BCUT2D eigenvalue weighted by Gasteiger charge is -2.28. The van der Waals surface area contributed by atoms with E-state index < -0.39 is 0 Å². The molecule has 2 aromatic heterocycles. The Bertz CT molecular complexity index is 945. The topological polar surface area (TPSA) is 35.0 Å². The van der Waals surface area contributed by atoms with E-state index in [0.29, 0.717) is 0 Å². The average Bonchev–Trinajstić information content (AvgIpc) is 3.02. The van der Waals surface area contributed by atoms with Crippen LogP contribution in [0.4, 0.5) is 0 Å². The summed E-state index contributed by atoms with van der Waals surface area (Å²) in [5.41, 5.74) is 8.03. The number of pyridine rings is 2. The predicted molar refractivity (Wildman–Crippen MR) is 118 cm³/mol. The minimum absolute atomic E-state index is 0.339. The van der Waals surface area contributed by atoms with E-state index in [0.717, 1.165) is 62.1 Å². The van der Waals surface area contributed by atoms with E-state index in [1.165, 1.54) is 41.6 Å². The molecular weight excluding hydrogens is 356 g/mol. The molecule has 2 aromatic rings. The molecule has 3 heterocycles. The van der Waals surface area contributed by atoms with Gasteiger partial charge in [0, 0.05) is 36.2 Å². The van der Waals surface area contributed by atoms with Crippen molar-refractivity contribution in [1.29, 1.82) is 0 Å². The molecule has 1 aliphatic heterocycles. The predicted octanol–water partition coefficient (Wildman–Crippen LogP) is 5.90. The van der Waals surface area contributed by atoms with Crippen molar-refractivity contribution in [2.45, 2.75) is 84.2 Å². The van der Waals surface area contributed by atoms with E-state index in [1.54, 1.807) is 0 Å². The van der Waals surface area contributed by atoms with Gasteiger partial charge < -0.3 is 4.74 Å². The standard InChI is InChI=1S/C26H32N2O/c1-4-5-7-12-22-24(20-14-16-27-19(2)18-20)21-11-8-6-9-13-23(21)28-25(22)26(3)15-10-17-29-26/h14,16,18H,4-6,8-11,13,15,17H2,1-3H3/t26-/m0/s1. The largest absolute Gasteiger partial charge is 0.369 e. The smallest absolute Gasteiger partial charge is 0.109 e. The van der Waals surface area contributed by atoms with Crippen molar-refractivity contribution >= 4 is 0 Å². The highest BCUT2D eigenvalue weighted by atomic mass is 16.5. The van der Waals surface area contributed by atoms with Gasteiger partial charge in [-0.05, 0) is 82.1 Å². The zero-order valence-corrected chi connectivity index (χ0v) is 18.1. The normalized spacial score (nSPS) is 21.2. The number of hydrogen-bond donors (Lipinski definition) is 0. The molecule has 2 aliphatic rings. The summed E-state index contributed by atoms with van der Waals surface area (Å²) in [6, 6.07) is 4.34. The van der Waals surface area contributed by atoms with E-state index in [2.05, 4.69) is 49.7 Å². The third kappa shape index (κ3) is 4.09. The van der Waals surface area contributed by atoms with Crippen molar-refractivity contribution in [2.75, 3.05) is 6.61 Å². The van der Waals surface area contributed by atoms with Gasteiger partial charge in [-0.1, -0.05) is 25.2 Å². The van der Waals surface area contributed by atoms with Crippen molar-refractivity contribution in [3.63, 3.8) is 0 Å². The Labute approximate surface area is 175 Å². The van der Waals surface area contributed by atoms with Crippen molar-refractivity contribution in [3.8, 4) is 23.0 Å². The molecule has 0 radical (unpaired) electrons. The molecule has 0 N–H and O–H groups in total. The lowest BCUT2D eigenvalue weighted by atomic mass is 9.85. The first-order chi connectivity index (χ1) is 14.1. The highest BCUT2D eigenvalue weighted by molar-refractivity contribution is 5.77. The number of nitrogens with zero attached hydrogens (tertiary/aromatic N) is 2. The molecule has 1 aliphatic carbocycles. The molecule has 0 bridgehead atoms. The number of aryl methyl sites for hydroxylation is 2. The first-order valence-electron chi connectivity index (χ1n) is 11.2. The van der Waals surface area contributed by atoms with Gasteiger partial charge in [0.1, 0.15) is 5.60 Å². The third-order valence-electron chi connectivity index (χ3n) is 6.22. The summed E-state index contributed by atoms with van der Waals surface area (Å²) < 4.78 is 6.27. The van der Waals surface area contributed by atoms with Gasteiger partial charge in [-0.3, -0.25) is 9.97 Å². The second-order valence-corrected chi connectivity index (χ2v) is 8.62. The number of hydrogen-bond acceptors (Lipinski definition) is 3. The monoisotopic (exact) mass is 388 g/mol. The summed E-state index contributed by atoms with van der Waals surface area (Å²) >= 11 is 0. The van der Waals surface area contributed by atoms with E-state index in [-0.39, 0.29) is 5.60 Å². The number of ether oxygens (including phenoxy) is 1. The second kappa shape index (κ2) is 8.67. The molecule has 1 atom stereocenters. The van der Waals surface area contributed by atoms with E-state index in [1.807, 2.05) is 6.20 Å². The molecule has 0 spiro atoms. The molecule has 0 amide bonds. The van der Waals surface area contributed by atoms with Gasteiger partial charge in [0.25, 0.3) is 0 Å². The summed E-state index contributed by atoms with van der Waals surface area (Å²) in [5, 5.41) is 0. The average molecular weight is 389 g/mol. The molecular formula is C26H32N2O. The summed E-state index contributed by atoms with van der Waals surface area (Å²) in [4.78, 5) is 9.71. The molecule has 3 nitrogen and oxygen atoms in total. The fraction of sp³-hybridized carbons (Fsp3) is 0.538. The van der Waals surface area contributed by atoms with Gasteiger partial charge in [0.2, 0.25) is 0 Å². The van der Waals surface area contributed by atoms with Crippen LogP contribution in [-0.2, 0) is 23.2 Å². The first kappa shape index (κ1) is 20.1. The Balaban J connectivity index is 2.02. The van der Waals surface area contributed by atoms with Gasteiger partial charge in [-0.15, -0.1) is 0 Å². The van der Waals surface area contributed by atoms with Gasteiger partial charge >= 0.3 is 0 Å². The van der Waals surface area contributed by atoms with Crippen LogP contribution in [0.15, 0.2) is 18.3 Å². The SMILES string of the molecule is CCCC#Cc1c([C@]2(C)CCCO2)nc2c(c1-c1ccnc(C)c1)CCCCC2. The van der Waals surface area contributed by atoms with E-state index in [9.17, 15) is 0 Å². The van der Waals surface area contributed by atoms with E-state index in [4.69, 9.17) is 9.72 Å². The van der Waals surface area contributed by atoms with Crippen LogP contribution >= 0.6 is 0 Å². The van der Waals surface area contributed by atoms with Gasteiger partial charge in [-0.2, -0.15) is 0 Å². The Morgan fingerprint density at radius 1 is 1.17 bits per heavy atom. The van der Waals surface area contributed by atoms with Crippen LogP contribution < -0.4 is 0 Å². The molecule has 152 valence electrons. The summed E-state index contributed by atoms with van der Waals surface area (Å²) in [5.74, 6) is 6.98. The molecule has 1 fully saturated rings. The molecule has 0 aromatic carbocycles. The van der Waals surface area contributed by atoms with Gasteiger partial charge in [-0.25, -0.2) is 0 Å². The van der Waals surface area contributed by atoms with Crippen molar-refractivity contribution in [3.05, 3.63) is 46.5 Å². The third-order valence-corrected chi connectivity index (χ3v) is 6.22. The maximum Gasteiger partial charge on any atom is 0.109 e. The lowest BCUT2D eigenvalue weighted by Crippen LogP contribution is -2.25. The summed E-state index contributed by atoms with van der Waals surface area (Å²) in [7, 11) is 0. The molecule has 0 saturated carbocycles. The van der Waals surface area contributed by atoms with Crippen LogP contribution in [-0.4, -0.2) is 16.6 Å². The zero-order chi connectivity index (χ0) is 20.3. The summed E-state index contributed by atoms with van der Waals surface area (Å²) in [6.45, 7) is 7.26. The molecule has 29 heavy (non-hydrogen) atoms. The molecule has 1 saturated heterocycles. The van der Waals surface area contributed by atoms with Crippen LogP contribution in [0.2, 0.25) is 0 Å².